The summed E-state index contributed by atoms with van der Waals surface area (Å²) in [6, 6.07) is 12.3. The number of nitrogens with zero attached hydrogens (tertiary/aromatic N) is 2. The van der Waals surface area contributed by atoms with Gasteiger partial charge in [0.2, 0.25) is 0 Å². The number of hydrogen-bond donors (Lipinski definition) is 1. The lowest BCUT2D eigenvalue weighted by Gasteiger charge is -2.27. The first-order chi connectivity index (χ1) is 14.2. The van der Waals surface area contributed by atoms with Crippen molar-refractivity contribution in [1.82, 2.24) is 9.80 Å². The minimum atomic E-state index is -0.681. The van der Waals surface area contributed by atoms with Crippen LogP contribution in [0.25, 0.3) is 5.76 Å². The molecule has 1 aliphatic heterocycles. The molecule has 1 amide bonds. The van der Waals surface area contributed by atoms with E-state index in [0.717, 1.165) is 16.7 Å². The zero-order valence-corrected chi connectivity index (χ0v) is 18.1. The van der Waals surface area contributed by atoms with Crippen molar-refractivity contribution in [2.24, 2.45) is 0 Å². The van der Waals surface area contributed by atoms with E-state index in [1.54, 1.807) is 19.2 Å². The molecule has 1 atom stereocenters. The van der Waals surface area contributed by atoms with Gasteiger partial charge in [-0.3, -0.25) is 9.59 Å². The van der Waals surface area contributed by atoms with E-state index in [-0.39, 0.29) is 11.3 Å². The van der Waals surface area contributed by atoms with Crippen LogP contribution in [0.15, 0.2) is 48.0 Å². The first kappa shape index (κ1) is 21.6. The van der Waals surface area contributed by atoms with Crippen LogP contribution in [-0.2, 0) is 9.59 Å². The van der Waals surface area contributed by atoms with Gasteiger partial charge in [0.15, 0.2) is 0 Å². The first-order valence-electron chi connectivity index (χ1n) is 9.89. The third-order valence-electron chi connectivity index (χ3n) is 5.39. The van der Waals surface area contributed by atoms with Crippen LogP contribution in [-0.4, -0.2) is 60.9 Å². The number of aliphatic hydroxyl groups excluding tert-OH is 1. The zero-order valence-electron chi connectivity index (χ0n) is 18.1. The van der Waals surface area contributed by atoms with Gasteiger partial charge in [-0.25, -0.2) is 0 Å². The molecule has 158 valence electrons. The Morgan fingerprint density at radius 2 is 1.87 bits per heavy atom. The summed E-state index contributed by atoms with van der Waals surface area (Å²) in [5.74, 6) is -0.788. The maximum Gasteiger partial charge on any atom is 0.295 e. The zero-order chi connectivity index (χ0) is 22.0. The van der Waals surface area contributed by atoms with Crippen molar-refractivity contribution in [1.29, 1.82) is 0 Å². The lowest BCUT2D eigenvalue weighted by Crippen LogP contribution is -2.35. The van der Waals surface area contributed by atoms with Crippen LogP contribution in [0.1, 0.15) is 28.3 Å². The SMILES string of the molecule is COc1cccc(C2C(=C(O)c3cc(C)ccc3C)C(=O)C(=O)N2CCN(C)C)c1. The highest BCUT2D eigenvalue weighted by molar-refractivity contribution is 6.46. The summed E-state index contributed by atoms with van der Waals surface area (Å²) >= 11 is 0. The summed E-state index contributed by atoms with van der Waals surface area (Å²) in [4.78, 5) is 29.5. The van der Waals surface area contributed by atoms with E-state index in [1.165, 1.54) is 4.90 Å². The monoisotopic (exact) mass is 408 g/mol. The lowest BCUT2D eigenvalue weighted by atomic mass is 9.93. The first-order valence-corrected chi connectivity index (χ1v) is 9.89. The number of likely N-dealkylation sites (N-methyl/N-ethyl adjacent to an activating group) is 1. The predicted octanol–water partition coefficient (Wildman–Crippen LogP) is 3.30. The fourth-order valence-corrected chi connectivity index (χ4v) is 3.71. The average molecular weight is 408 g/mol. The molecule has 0 spiro atoms. The van der Waals surface area contributed by atoms with Crippen molar-refractivity contribution >= 4 is 17.4 Å². The molecule has 6 nitrogen and oxygen atoms in total. The summed E-state index contributed by atoms with van der Waals surface area (Å²) in [6.07, 6.45) is 0. The molecule has 0 radical (unpaired) electrons. The van der Waals surface area contributed by atoms with Crippen LogP contribution in [0.4, 0.5) is 0 Å². The summed E-state index contributed by atoms with van der Waals surface area (Å²) < 4.78 is 5.34. The van der Waals surface area contributed by atoms with Gasteiger partial charge in [0.1, 0.15) is 11.5 Å². The Labute approximate surface area is 177 Å². The molecule has 0 saturated carbocycles. The Hall–Kier alpha value is -3.12. The van der Waals surface area contributed by atoms with Gasteiger partial charge in [-0.15, -0.1) is 0 Å². The normalized spacial score (nSPS) is 18.3. The number of aryl methyl sites for hydroxylation is 2. The van der Waals surface area contributed by atoms with Crippen LogP contribution in [0, 0.1) is 13.8 Å². The van der Waals surface area contributed by atoms with Crippen molar-refractivity contribution in [3.8, 4) is 5.75 Å². The number of aliphatic hydroxyl groups is 1. The van der Waals surface area contributed by atoms with Crippen LogP contribution in [0.3, 0.4) is 0 Å². The minimum Gasteiger partial charge on any atom is -0.507 e. The van der Waals surface area contributed by atoms with E-state index in [0.29, 0.717) is 24.4 Å². The second kappa shape index (κ2) is 8.71. The minimum absolute atomic E-state index is 0.112. The number of hydrogen-bond acceptors (Lipinski definition) is 5. The molecule has 2 aromatic carbocycles. The van der Waals surface area contributed by atoms with Gasteiger partial charge in [-0.1, -0.05) is 29.8 Å². The molecule has 1 saturated heterocycles. The number of amides is 1. The van der Waals surface area contributed by atoms with Crippen molar-refractivity contribution in [3.05, 3.63) is 70.3 Å². The molecule has 0 aromatic heterocycles. The number of ether oxygens (including phenoxy) is 1. The standard InChI is InChI=1S/C24H28N2O4/c1-15-9-10-16(2)19(13-15)22(27)20-21(17-7-6-8-18(14-17)30-5)26(12-11-25(3)4)24(29)23(20)28/h6-10,13-14,21,27H,11-12H2,1-5H3. The molecule has 1 unspecified atom stereocenters. The van der Waals surface area contributed by atoms with Gasteiger partial charge in [0, 0.05) is 18.7 Å². The molecular weight excluding hydrogens is 380 g/mol. The number of ketones is 1. The fourth-order valence-electron chi connectivity index (χ4n) is 3.71. The summed E-state index contributed by atoms with van der Waals surface area (Å²) in [5, 5.41) is 11.2. The van der Waals surface area contributed by atoms with Crippen LogP contribution < -0.4 is 4.74 Å². The fraction of sp³-hybridized carbons (Fsp3) is 0.333. The van der Waals surface area contributed by atoms with Crippen LogP contribution >= 0.6 is 0 Å². The number of likely N-dealkylation sites (tertiary alicyclic amines) is 1. The largest absolute Gasteiger partial charge is 0.507 e. The van der Waals surface area contributed by atoms with Crippen LogP contribution in [0.2, 0.25) is 0 Å². The molecule has 6 heteroatoms. The van der Waals surface area contributed by atoms with E-state index >= 15 is 0 Å². The Balaban J connectivity index is 2.21. The Bertz CT molecular complexity index is 1010. The van der Waals surface area contributed by atoms with Gasteiger partial charge in [-0.05, 0) is 57.3 Å². The maximum absolute atomic E-state index is 13.1. The van der Waals surface area contributed by atoms with Crippen molar-refractivity contribution < 1.29 is 19.4 Å². The van der Waals surface area contributed by atoms with Gasteiger partial charge >= 0.3 is 0 Å². The van der Waals surface area contributed by atoms with Gasteiger partial charge in [-0.2, -0.15) is 0 Å². The summed E-state index contributed by atoms with van der Waals surface area (Å²) in [5.41, 5.74) is 3.19. The maximum atomic E-state index is 13.1. The number of methoxy groups -OCH3 is 1. The van der Waals surface area contributed by atoms with Gasteiger partial charge < -0.3 is 19.6 Å². The molecule has 0 bridgehead atoms. The quantitative estimate of drug-likeness (QED) is 0.451. The number of rotatable bonds is 6. The number of carbonyl (C=O) groups is 2. The molecular formula is C24H28N2O4. The van der Waals surface area contributed by atoms with Crippen molar-refractivity contribution in [3.63, 3.8) is 0 Å². The second-order valence-corrected chi connectivity index (χ2v) is 7.89. The van der Waals surface area contributed by atoms with Crippen molar-refractivity contribution in [2.75, 3.05) is 34.3 Å². The number of Topliss-reactive ketones (excluding diaryl/α,β-unsaturated/α-hetero) is 1. The third kappa shape index (κ3) is 4.09. The highest BCUT2D eigenvalue weighted by Crippen LogP contribution is 2.40. The highest BCUT2D eigenvalue weighted by Gasteiger charge is 2.46. The van der Waals surface area contributed by atoms with E-state index < -0.39 is 17.7 Å². The Morgan fingerprint density at radius 1 is 1.13 bits per heavy atom. The van der Waals surface area contributed by atoms with E-state index in [4.69, 9.17) is 4.74 Å². The lowest BCUT2D eigenvalue weighted by molar-refractivity contribution is -0.140. The molecule has 30 heavy (non-hydrogen) atoms. The van der Waals surface area contributed by atoms with E-state index in [1.807, 2.05) is 63.2 Å². The number of carbonyl (C=O) groups excluding carboxylic acids is 2. The molecule has 1 aliphatic rings. The summed E-state index contributed by atoms with van der Waals surface area (Å²) in [6.45, 7) is 4.75. The molecule has 3 rings (SSSR count). The average Bonchev–Trinajstić information content (AvgIpc) is 2.98. The molecule has 1 N–H and O–H groups in total. The van der Waals surface area contributed by atoms with E-state index in [9.17, 15) is 14.7 Å². The predicted molar refractivity (Wildman–Crippen MR) is 116 cm³/mol. The van der Waals surface area contributed by atoms with E-state index in [2.05, 4.69) is 0 Å². The molecule has 1 fully saturated rings. The molecule has 1 heterocycles. The van der Waals surface area contributed by atoms with Gasteiger partial charge in [0.25, 0.3) is 11.7 Å². The summed E-state index contributed by atoms with van der Waals surface area (Å²) in [7, 11) is 5.39. The smallest absolute Gasteiger partial charge is 0.295 e. The van der Waals surface area contributed by atoms with Crippen molar-refractivity contribution in [2.45, 2.75) is 19.9 Å². The van der Waals surface area contributed by atoms with Gasteiger partial charge in [0.05, 0.1) is 18.7 Å². The topological polar surface area (TPSA) is 70.1 Å². The molecule has 2 aromatic rings. The third-order valence-corrected chi connectivity index (χ3v) is 5.39. The number of benzene rings is 2. The highest BCUT2D eigenvalue weighted by atomic mass is 16.5. The Kier molecular flexibility index (Phi) is 6.27. The second-order valence-electron chi connectivity index (χ2n) is 7.89. The Morgan fingerprint density at radius 3 is 2.53 bits per heavy atom. The molecule has 0 aliphatic carbocycles. The van der Waals surface area contributed by atoms with Crippen LogP contribution in [0.5, 0.6) is 5.75 Å².